The lowest BCUT2D eigenvalue weighted by Gasteiger charge is -2.14. The molecule has 0 atom stereocenters. The molecule has 1 N–H and O–H groups in total. The Bertz CT molecular complexity index is 1030. The Morgan fingerprint density at radius 3 is 2.69 bits per heavy atom. The first-order valence-electron chi connectivity index (χ1n) is 8.54. The highest BCUT2D eigenvalue weighted by molar-refractivity contribution is 6.31. The van der Waals surface area contributed by atoms with Crippen LogP contribution in [0, 0.1) is 0 Å². The number of aryl methyl sites for hydroxylation is 1. The average molecular weight is 370 g/mol. The van der Waals surface area contributed by atoms with Crippen molar-refractivity contribution in [2.24, 2.45) is 0 Å². The van der Waals surface area contributed by atoms with Crippen LogP contribution >= 0.6 is 11.6 Å². The minimum atomic E-state index is -0.184. The minimum Gasteiger partial charge on any atom is -0.326 e. The van der Waals surface area contributed by atoms with Gasteiger partial charge >= 0.3 is 0 Å². The summed E-state index contributed by atoms with van der Waals surface area (Å²) < 4.78 is 1.67. The molecule has 0 saturated carbocycles. The van der Waals surface area contributed by atoms with E-state index in [0.29, 0.717) is 34.6 Å². The molecule has 0 fully saturated rings. The summed E-state index contributed by atoms with van der Waals surface area (Å²) >= 11 is 6.27. The number of halogens is 1. The predicted molar refractivity (Wildman–Crippen MR) is 105 cm³/mol. The maximum absolute atomic E-state index is 13.1. The van der Waals surface area contributed by atoms with Crippen molar-refractivity contribution in [1.29, 1.82) is 0 Å². The van der Waals surface area contributed by atoms with Crippen molar-refractivity contribution in [3.05, 3.63) is 69.2 Å². The van der Waals surface area contributed by atoms with Crippen LogP contribution in [0.5, 0.6) is 0 Å². The Morgan fingerprint density at radius 1 is 1.23 bits per heavy atom. The highest BCUT2D eigenvalue weighted by atomic mass is 35.5. The normalized spacial score (nSPS) is 10.9. The van der Waals surface area contributed by atoms with Gasteiger partial charge in [-0.1, -0.05) is 36.7 Å². The number of amides is 1. The number of nitrogens with zero attached hydrogens (tertiary/aromatic N) is 2. The third-order valence-corrected chi connectivity index (χ3v) is 4.48. The summed E-state index contributed by atoms with van der Waals surface area (Å²) in [5.41, 5.74) is 1.94. The Labute approximate surface area is 156 Å². The second-order valence-corrected chi connectivity index (χ2v) is 6.58. The number of carbonyl (C=O) groups is 1. The number of anilines is 1. The van der Waals surface area contributed by atoms with Crippen LogP contribution in [0.2, 0.25) is 5.02 Å². The van der Waals surface area contributed by atoms with Gasteiger partial charge in [0, 0.05) is 24.1 Å². The zero-order chi connectivity index (χ0) is 18.7. The molecule has 3 aromatic rings. The quantitative estimate of drug-likeness (QED) is 0.739. The number of hydrogen-bond acceptors (Lipinski definition) is 3. The molecule has 1 amide bonds. The highest BCUT2D eigenvalue weighted by Gasteiger charge is 2.13. The number of fused-ring (bicyclic) bond motifs is 1. The van der Waals surface area contributed by atoms with Crippen molar-refractivity contribution in [3.63, 3.8) is 0 Å². The van der Waals surface area contributed by atoms with E-state index >= 15 is 0 Å². The highest BCUT2D eigenvalue weighted by Crippen LogP contribution is 2.19. The van der Waals surface area contributed by atoms with Gasteiger partial charge in [0.25, 0.3) is 5.56 Å². The Morgan fingerprint density at radius 2 is 2.00 bits per heavy atom. The zero-order valence-electron chi connectivity index (χ0n) is 14.8. The van der Waals surface area contributed by atoms with E-state index in [1.807, 2.05) is 24.3 Å². The van der Waals surface area contributed by atoms with E-state index in [-0.39, 0.29) is 11.5 Å². The SMILES string of the molecule is CCCc1nc2ccc(NC(C)=O)cc2c(=O)n1Cc1ccccc1Cl. The molecule has 0 aliphatic heterocycles. The van der Waals surface area contributed by atoms with Crippen LogP contribution in [0.15, 0.2) is 47.3 Å². The van der Waals surface area contributed by atoms with Crippen LogP contribution in [0.3, 0.4) is 0 Å². The summed E-state index contributed by atoms with van der Waals surface area (Å²) in [6.07, 6.45) is 1.58. The first kappa shape index (κ1) is 18.1. The van der Waals surface area contributed by atoms with Crippen LogP contribution in [-0.4, -0.2) is 15.5 Å². The third-order valence-electron chi connectivity index (χ3n) is 4.11. The molecular weight excluding hydrogens is 350 g/mol. The van der Waals surface area contributed by atoms with Gasteiger partial charge in [0.1, 0.15) is 5.82 Å². The smallest absolute Gasteiger partial charge is 0.261 e. The molecule has 5 nitrogen and oxygen atoms in total. The topological polar surface area (TPSA) is 64.0 Å². The Hall–Kier alpha value is -2.66. The molecule has 1 aromatic heterocycles. The molecule has 0 aliphatic carbocycles. The molecule has 0 spiro atoms. The first-order chi connectivity index (χ1) is 12.5. The lowest BCUT2D eigenvalue weighted by atomic mass is 10.1. The van der Waals surface area contributed by atoms with Crippen LogP contribution in [0.25, 0.3) is 10.9 Å². The standard InChI is InChI=1S/C20H20ClN3O2/c1-3-6-19-23-18-10-9-15(22-13(2)25)11-16(18)20(26)24(19)12-14-7-4-5-8-17(14)21/h4-5,7-11H,3,6,12H2,1-2H3,(H,22,25). The summed E-state index contributed by atoms with van der Waals surface area (Å²) in [5.74, 6) is 0.550. The Kier molecular flexibility index (Phi) is 5.38. The number of carbonyl (C=O) groups excluding carboxylic acids is 1. The van der Waals surface area contributed by atoms with Crippen LogP contribution < -0.4 is 10.9 Å². The zero-order valence-corrected chi connectivity index (χ0v) is 15.5. The van der Waals surface area contributed by atoms with E-state index < -0.39 is 0 Å². The predicted octanol–water partition coefficient (Wildman–Crippen LogP) is 4.01. The molecule has 0 aliphatic rings. The largest absolute Gasteiger partial charge is 0.326 e. The van der Waals surface area contributed by atoms with Gasteiger partial charge in [-0.3, -0.25) is 14.2 Å². The summed E-state index contributed by atoms with van der Waals surface area (Å²) in [5, 5.41) is 3.80. The van der Waals surface area contributed by atoms with Gasteiger partial charge in [0.15, 0.2) is 0 Å². The average Bonchev–Trinajstić information content (AvgIpc) is 2.60. The lowest BCUT2D eigenvalue weighted by Crippen LogP contribution is -2.26. The molecule has 0 bridgehead atoms. The van der Waals surface area contributed by atoms with Crippen molar-refractivity contribution in [1.82, 2.24) is 9.55 Å². The van der Waals surface area contributed by atoms with Crippen molar-refractivity contribution in [3.8, 4) is 0 Å². The van der Waals surface area contributed by atoms with Crippen LogP contribution in [-0.2, 0) is 17.8 Å². The van der Waals surface area contributed by atoms with Crippen molar-refractivity contribution >= 4 is 34.1 Å². The van der Waals surface area contributed by atoms with Gasteiger partial charge in [0.2, 0.25) is 5.91 Å². The molecule has 6 heteroatoms. The molecule has 134 valence electrons. The van der Waals surface area contributed by atoms with Crippen LogP contribution in [0.4, 0.5) is 5.69 Å². The summed E-state index contributed by atoms with van der Waals surface area (Å²) in [4.78, 5) is 29.1. The fourth-order valence-electron chi connectivity index (χ4n) is 2.92. The lowest BCUT2D eigenvalue weighted by molar-refractivity contribution is -0.114. The fraction of sp³-hybridized carbons (Fsp3) is 0.250. The van der Waals surface area contributed by atoms with Crippen molar-refractivity contribution in [2.75, 3.05) is 5.32 Å². The van der Waals surface area contributed by atoms with E-state index in [4.69, 9.17) is 11.6 Å². The molecule has 0 unspecified atom stereocenters. The summed E-state index contributed by atoms with van der Waals surface area (Å²) in [7, 11) is 0. The number of hydrogen-bond donors (Lipinski definition) is 1. The number of aromatic nitrogens is 2. The molecule has 3 rings (SSSR count). The number of nitrogens with one attached hydrogen (secondary N) is 1. The Balaban J connectivity index is 2.16. The van der Waals surface area contributed by atoms with Gasteiger partial charge in [0.05, 0.1) is 17.4 Å². The van der Waals surface area contributed by atoms with E-state index in [1.165, 1.54) is 6.92 Å². The molecule has 0 saturated heterocycles. The minimum absolute atomic E-state index is 0.134. The fourth-order valence-corrected chi connectivity index (χ4v) is 3.12. The van der Waals surface area contributed by atoms with Gasteiger partial charge < -0.3 is 5.32 Å². The van der Waals surface area contributed by atoms with Crippen molar-refractivity contribution in [2.45, 2.75) is 33.2 Å². The van der Waals surface area contributed by atoms with E-state index in [9.17, 15) is 9.59 Å². The molecular formula is C20H20ClN3O2. The second kappa shape index (κ2) is 7.70. The molecule has 2 aromatic carbocycles. The van der Waals surface area contributed by atoms with E-state index in [2.05, 4.69) is 17.2 Å². The van der Waals surface area contributed by atoms with E-state index in [0.717, 1.165) is 17.8 Å². The van der Waals surface area contributed by atoms with Crippen molar-refractivity contribution < 1.29 is 4.79 Å². The number of rotatable bonds is 5. The van der Waals surface area contributed by atoms with E-state index in [1.54, 1.807) is 22.8 Å². The first-order valence-corrected chi connectivity index (χ1v) is 8.92. The third kappa shape index (κ3) is 3.78. The number of benzene rings is 2. The summed E-state index contributed by atoms with van der Waals surface area (Å²) in [6, 6.07) is 12.7. The summed E-state index contributed by atoms with van der Waals surface area (Å²) in [6.45, 7) is 3.85. The maximum atomic E-state index is 13.1. The monoisotopic (exact) mass is 369 g/mol. The molecule has 26 heavy (non-hydrogen) atoms. The van der Waals surface area contributed by atoms with Gasteiger partial charge in [-0.25, -0.2) is 4.98 Å². The van der Waals surface area contributed by atoms with Gasteiger partial charge in [-0.2, -0.15) is 0 Å². The van der Waals surface area contributed by atoms with Crippen LogP contribution in [0.1, 0.15) is 31.7 Å². The van der Waals surface area contributed by atoms with Gasteiger partial charge in [-0.15, -0.1) is 0 Å². The molecule has 1 heterocycles. The maximum Gasteiger partial charge on any atom is 0.261 e. The molecule has 0 radical (unpaired) electrons. The van der Waals surface area contributed by atoms with Gasteiger partial charge in [-0.05, 0) is 36.2 Å². The second-order valence-electron chi connectivity index (χ2n) is 6.17.